The summed E-state index contributed by atoms with van der Waals surface area (Å²) in [7, 11) is 0. The highest BCUT2D eigenvalue weighted by Crippen LogP contribution is 2.26. The molecule has 0 amide bonds. The predicted octanol–water partition coefficient (Wildman–Crippen LogP) is 3.42. The summed E-state index contributed by atoms with van der Waals surface area (Å²) in [5.41, 5.74) is 7.23. The summed E-state index contributed by atoms with van der Waals surface area (Å²) in [5, 5.41) is 0. The number of para-hydroxylation sites is 1. The lowest BCUT2D eigenvalue weighted by Gasteiger charge is -2.15. The maximum atomic E-state index is 12.3. The Balaban J connectivity index is 1.97. The zero-order valence-corrected chi connectivity index (χ0v) is 13.2. The standard InChI is InChI=1S/C18H21N3O2/c1-2-13(10-11-19)21-17-9-8-15(12-16(17)20-18(21)22)23-14-6-4-3-5-7-14/h3-9,12-13H,2,10-11,19H2,1H3,(H,20,22). The van der Waals surface area contributed by atoms with Crippen molar-refractivity contribution < 1.29 is 4.74 Å². The number of benzene rings is 2. The van der Waals surface area contributed by atoms with Gasteiger partial charge in [0.2, 0.25) is 0 Å². The van der Waals surface area contributed by atoms with Gasteiger partial charge in [0.1, 0.15) is 11.5 Å². The Kier molecular flexibility index (Phi) is 4.48. The smallest absolute Gasteiger partial charge is 0.326 e. The zero-order valence-electron chi connectivity index (χ0n) is 13.2. The summed E-state index contributed by atoms with van der Waals surface area (Å²) >= 11 is 0. The van der Waals surface area contributed by atoms with Crippen LogP contribution in [0.25, 0.3) is 11.0 Å². The SMILES string of the molecule is CCC(CCN)n1c(=O)[nH]c2cc(Oc3ccccc3)ccc21. The lowest BCUT2D eigenvalue weighted by atomic mass is 10.1. The Hall–Kier alpha value is -2.53. The van der Waals surface area contributed by atoms with Crippen molar-refractivity contribution in [3.8, 4) is 11.5 Å². The molecule has 2 aromatic carbocycles. The third-order valence-electron chi connectivity index (χ3n) is 4.00. The minimum atomic E-state index is -0.0999. The number of rotatable bonds is 6. The first kappa shape index (κ1) is 15.4. The van der Waals surface area contributed by atoms with Gasteiger partial charge in [-0.25, -0.2) is 4.79 Å². The molecule has 1 unspecified atom stereocenters. The van der Waals surface area contributed by atoms with Crippen molar-refractivity contribution in [3.63, 3.8) is 0 Å². The lowest BCUT2D eigenvalue weighted by molar-refractivity contribution is 0.458. The fourth-order valence-electron chi connectivity index (χ4n) is 2.87. The molecule has 5 heteroatoms. The molecule has 0 spiro atoms. The average molecular weight is 311 g/mol. The van der Waals surface area contributed by atoms with Crippen molar-refractivity contribution in [2.75, 3.05) is 6.54 Å². The molecule has 0 saturated carbocycles. The lowest BCUT2D eigenvalue weighted by Crippen LogP contribution is -2.23. The first-order valence-electron chi connectivity index (χ1n) is 7.90. The van der Waals surface area contributed by atoms with Gasteiger partial charge in [-0.1, -0.05) is 25.1 Å². The highest BCUT2D eigenvalue weighted by Gasteiger charge is 2.15. The molecule has 1 heterocycles. The molecule has 0 radical (unpaired) electrons. The van der Waals surface area contributed by atoms with E-state index in [0.29, 0.717) is 12.3 Å². The van der Waals surface area contributed by atoms with Gasteiger partial charge in [-0.05, 0) is 43.7 Å². The second-order valence-corrected chi connectivity index (χ2v) is 5.53. The monoisotopic (exact) mass is 311 g/mol. The van der Waals surface area contributed by atoms with E-state index in [2.05, 4.69) is 11.9 Å². The van der Waals surface area contributed by atoms with Crippen LogP contribution < -0.4 is 16.2 Å². The van der Waals surface area contributed by atoms with Gasteiger partial charge in [-0.2, -0.15) is 0 Å². The minimum Gasteiger partial charge on any atom is -0.457 e. The number of nitrogens with two attached hydrogens (primary N) is 1. The third-order valence-corrected chi connectivity index (χ3v) is 4.00. The summed E-state index contributed by atoms with van der Waals surface area (Å²) in [6.07, 6.45) is 1.65. The second-order valence-electron chi connectivity index (χ2n) is 5.53. The summed E-state index contributed by atoms with van der Waals surface area (Å²) in [5.74, 6) is 1.46. The molecule has 23 heavy (non-hydrogen) atoms. The van der Waals surface area contributed by atoms with Crippen LogP contribution in [0.4, 0.5) is 0 Å². The summed E-state index contributed by atoms with van der Waals surface area (Å²) in [6, 6.07) is 15.3. The Morgan fingerprint density at radius 2 is 1.96 bits per heavy atom. The number of hydrogen-bond acceptors (Lipinski definition) is 3. The van der Waals surface area contributed by atoms with Crippen molar-refractivity contribution in [3.05, 3.63) is 59.0 Å². The average Bonchev–Trinajstić information content (AvgIpc) is 2.89. The van der Waals surface area contributed by atoms with Gasteiger partial charge in [0.15, 0.2) is 0 Å². The topological polar surface area (TPSA) is 73.0 Å². The normalized spacial score (nSPS) is 12.4. The summed E-state index contributed by atoms with van der Waals surface area (Å²) in [6.45, 7) is 2.63. The van der Waals surface area contributed by atoms with E-state index in [-0.39, 0.29) is 11.7 Å². The first-order valence-corrected chi connectivity index (χ1v) is 7.90. The van der Waals surface area contributed by atoms with Gasteiger partial charge in [-0.3, -0.25) is 4.57 Å². The predicted molar refractivity (Wildman–Crippen MR) is 92.1 cm³/mol. The van der Waals surface area contributed by atoms with Gasteiger partial charge in [0.25, 0.3) is 0 Å². The van der Waals surface area contributed by atoms with Gasteiger partial charge in [-0.15, -0.1) is 0 Å². The number of aromatic nitrogens is 2. The molecular formula is C18H21N3O2. The number of fused-ring (bicyclic) bond motifs is 1. The maximum Gasteiger partial charge on any atom is 0.326 e. The maximum absolute atomic E-state index is 12.3. The van der Waals surface area contributed by atoms with Crippen LogP contribution in [0.5, 0.6) is 11.5 Å². The van der Waals surface area contributed by atoms with Crippen molar-refractivity contribution >= 4 is 11.0 Å². The number of ether oxygens (including phenoxy) is 1. The van der Waals surface area contributed by atoms with E-state index in [9.17, 15) is 4.79 Å². The second kappa shape index (κ2) is 6.71. The fraction of sp³-hybridized carbons (Fsp3) is 0.278. The van der Waals surface area contributed by atoms with Crippen molar-refractivity contribution in [1.82, 2.24) is 9.55 Å². The van der Waals surface area contributed by atoms with Crippen LogP contribution in [-0.2, 0) is 0 Å². The molecule has 0 saturated heterocycles. The molecule has 0 aliphatic carbocycles. The van der Waals surface area contributed by atoms with E-state index >= 15 is 0 Å². The van der Waals surface area contributed by atoms with E-state index in [4.69, 9.17) is 10.5 Å². The van der Waals surface area contributed by atoms with Crippen LogP contribution in [0.1, 0.15) is 25.8 Å². The van der Waals surface area contributed by atoms with Crippen molar-refractivity contribution in [2.45, 2.75) is 25.8 Å². The Labute approximate surface area is 134 Å². The third kappa shape index (κ3) is 3.14. The first-order chi connectivity index (χ1) is 11.2. The molecule has 3 rings (SSSR count). The largest absolute Gasteiger partial charge is 0.457 e. The van der Waals surface area contributed by atoms with Gasteiger partial charge < -0.3 is 15.5 Å². The van der Waals surface area contributed by atoms with Gasteiger partial charge >= 0.3 is 5.69 Å². The molecule has 1 atom stereocenters. The molecule has 0 fully saturated rings. The number of hydrogen-bond donors (Lipinski definition) is 2. The molecule has 0 aliphatic heterocycles. The number of nitrogens with one attached hydrogen (secondary N) is 1. The molecule has 0 bridgehead atoms. The van der Waals surface area contributed by atoms with Crippen molar-refractivity contribution in [2.24, 2.45) is 5.73 Å². The number of imidazole rings is 1. The highest BCUT2D eigenvalue weighted by atomic mass is 16.5. The zero-order chi connectivity index (χ0) is 16.2. The highest BCUT2D eigenvalue weighted by molar-refractivity contribution is 5.77. The Morgan fingerprint density at radius 3 is 2.65 bits per heavy atom. The summed E-state index contributed by atoms with van der Waals surface area (Å²) in [4.78, 5) is 15.2. The molecule has 1 aromatic heterocycles. The van der Waals surface area contributed by atoms with E-state index in [1.54, 1.807) is 4.57 Å². The molecule has 5 nitrogen and oxygen atoms in total. The molecule has 3 aromatic rings. The van der Waals surface area contributed by atoms with E-state index in [1.165, 1.54) is 0 Å². The Bertz CT molecular complexity index is 836. The van der Waals surface area contributed by atoms with Crippen LogP contribution in [0, 0.1) is 0 Å². The molecule has 3 N–H and O–H groups in total. The van der Waals surface area contributed by atoms with Gasteiger partial charge in [0.05, 0.1) is 11.0 Å². The van der Waals surface area contributed by atoms with Crippen LogP contribution in [0.15, 0.2) is 53.3 Å². The van der Waals surface area contributed by atoms with Gasteiger partial charge in [0, 0.05) is 12.1 Å². The minimum absolute atomic E-state index is 0.0999. The summed E-state index contributed by atoms with van der Waals surface area (Å²) < 4.78 is 7.62. The Morgan fingerprint density at radius 1 is 1.17 bits per heavy atom. The molecule has 120 valence electrons. The van der Waals surface area contributed by atoms with E-state index < -0.39 is 0 Å². The number of nitrogens with zero attached hydrogens (tertiary/aromatic N) is 1. The number of aromatic amines is 1. The van der Waals surface area contributed by atoms with Crippen LogP contribution >= 0.6 is 0 Å². The quantitative estimate of drug-likeness (QED) is 0.732. The molecular weight excluding hydrogens is 290 g/mol. The fourth-order valence-corrected chi connectivity index (χ4v) is 2.87. The number of H-pyrrole nitrogens is 1. The van der Waals surface area contributed by atoms with E-state index in [0.717, 1.165) is 29.6 Å². The van der Waals surface area contributed by atoms with Crippen molar-refractivity contribution in [1.29, 1.82) is 0 Å². The van der Waals surface area contributed by atoms with Crippen LogP contribution in [-0.4, -0.2) is 16.1 Å². The van der Waals surface area contributed by atoms with Crippen LogP contribution in [0.2, 0.25) is 0 Å². The molecule has 0 aliphatic rings. The van der Waals surface area contributed by atoms with Crippen LogP contribution in [0.3, 0.4) is 0 Å². The van der Waals surface area contributed by atoms with E-state index in [1.807, 2.05) is 48.5 Å².